The molecule has 0 spiro atoms. The number of carbonyl (C=O) groups excluding carboxylic acids is 2. The summed E-state index contributed by atoms with van der Waals surface area (Å²) >= 11 is 0. The highest BCUT2D eigenvalue weighted by Gasteiger charge is 2.18. The molecule has 0 unspecified atom stereocenters. The molecule has 3 aromatic carbocycles. The molecule has 0 aromatic heterocycles. The van der Waals surface area contributed by atoms with Gasteiger partial charge in [-0.2, -0.15) is 0 Å². The second-order valence-electron chi connectivity index (χ2n) is 5.58. The molecule has 1 amide bonds. The van der Waals surface area contributed by atoms with Crippen molar-refractivity contribution in [2.45, 2.75) is 0 Å². The molecule has 0 aliphatic carbocycles. The van der Waals surface area contributed by atoms with Gasteiger partial charge in [0.25, 0.3) is 5.91 Å². The number of amides is 1. The summed E-state index contributed by atoms with van der Waals surface area (Å²) in [5.41, 5.74) is 1.40. The predicted molar refractivity (Wildman–Crippen MR) is 97.7 cm³/mol. The zero-order valence-corrected chi connectivity index (χ0v) is 13.7. The number of benzene rings is 3. The first-order chi connectivity index (χ1) is 12.6. The summed E-state index contributed by atoms with van der Waals surface area (Å²) in [7, 11) is 0. The van der Waals surface area contributed by atoms with Gasteiger partial charge in [0.05, 0.1) is 11.1 Å². The Morgan fingerprint density at radius 2 is 1.31 bits per heavy atom. The Morgan fingerprint density at radius 3 is 2.00 bits per heavy atom. The van der Waals surface area contributed by atoms with E-state index in [1.807, 2.05) is 6.07 Å². The van der Waals surface area contributed by atoms with Crippen molar-refractivity contribution in [3.05, 3.63) is 101 Å². The molecule has 0 radical (unpaired) electrons. The minimum atomic E-state index is -1.08. The molecule has 128 valence electrons. The molecule has 0 aliphatic heterocycles. The van der Waals surface area contributed by atoms with Crippen LogP contribution in [0.2, 0.25) is 0 Å². The summed E-state index contributed by atoms with van der Waals surface area (Å²) in [6, 6.07) is 21.2. The van der Waals surface area contributed by atoms with Gasteiger partial charge in [-0.1, -0.05) is 54.6 Å². The molecule has 3 aromatic rings. The fourth-order valence-corrected chi connectivity index (χ4v) is 2.55. The largest absolute Gasteiger partial charge is 0.478 e. The number of carboxylic acid groups (broad SMARTS) is 1. The maximum absolute atomic E-state index is 12.7. The molecule has 5 heteroatoms. The highest BCUT2D eigenvalue weighted by molar-refractivity contribution is 6.17. The minimum absolute atomic E-state index is 0.0662. The van der Waals surface area contributed by atoms with Gasteiger partial charge in [0.2, 0.25) is 0 Å². The predicted octanol–water partition coefficient (Wildman–Crippen LogP) is 3.87. The number of carbonyl (C=O) groups is 3. The summed E-state index contributed by atoms with van der Waals surface area (Å²) in [5.74, 6) is -1.82. The lowest BCUT2D eigenvalue weighted by Crippen LogP contribution is -2.17. The third-order valence-corrected chi connectivity index (χ3v) is 3.82. The first-order valence-corrected chi connectivity index (χ1v) is 7.90. The van der Waals surface area contributed by atoms with Crippen molar-refractivity contribution in [1.82, 2.24) is 0 Å². The molecule has 0 aliphatic rings. The summed E-state index contributed by atoms with van der Waals surface area (Å²) in [4.78, 5) is 36.4. The highest BCUT2D eigenvalue weighted by atomic mass is 16.4. The molecule has 0 fully saturated rings. The van der Waals surface area contributed by atoms with E-state index >= 15 is 0 Å². The number of hydrogen-bond donors (Lipinski definition) is 2. The van der Waals surface area contributed by atoms with Crippen LogP contribution in [0, 0.1) is 0 Å². The van der Waals surface area contributed by atoms with E-state index < -0.39 is 11.9 Å². The van der Waals surface area contributed by atoms with Crippen LogP contribution in [0.4, 0.5) is 5.69 Å². The molecule has 0 saturated carbocycles. The van der Waals surface area contributed by atoms with Gasteiger partial charge in [0.1, 0.15) is 0 Å². The van der Waals surface area contributed by atoms with Crippen molar-refractivity contribution >= 4 is 23.3 Å². The normalized spacial score (nSPS) is 10.2. The second kappa shape index (κ2) is 7.44. The second-order valence-corrected chi connectivity index (χ2v) is 5.58. The first kappa shape index (κ1) is 17.1. The van der Waals surface area contributed by atoms with Crippen molar-refractivity contribution in [2.75, 3.05) is 5.32 Å². The van der Waals surface area contributed by atoms with E-state index in [1.54, 1.807) is 60.7 Å². The lowest BCUT2D eigenvalue weighted by molar-refractivity contribution is 0.0696. The molecular formula is C21H15NO4. The van der Waals surface area contributed by atoms with Crippen LogP contribution in [-0.2, 0) is 0 Å². The Morgan fingerprint density at radius 1 is 0.692 bits per heavy atom. The van der Waals surface area contributed by atoms with E-state index in [0.29, 0.717) is 11.3 Å². The number of hydrogen-bond acceptors (Lipinski definition) is 3. The Labute approximate surface area is 149 Å². The Balaban J connectivity index is 1.90. The summed E-state index contributed by atoms with van der Waals surface area (Å²) in [6.07, 6.45) is 0. The Kier molecular flexibility index (Phi) is 4.90. The molecular weight excluding hydrogens is 330 g/mol. The van der Waals surface area contributed by atoms with E-state index in [9.17, 15) is 14.4 Å². The number of carboxylic acids is 1. The maximum atomic E-state index is 12.7. The van der Waals surface area contributed by atoms with Crippen LogP contribution in [0.25, 0.3) is 0 Å². The standard InChI is InChI=1S/C21H15NO4/c23-19(14-7-2-1-3-8-14)17-11-4-5-12-18(17)20(24)22-16-10-6-9-15(13-16)21(25)26/h1-13H,(H,22,24)(H,25,26). The van der Waals surface area contributed by atoms with E-state index in [0.717, 1.165) is 0 Å². The molecule has 0 heterocycles. The van der Waals surface area contributed by atoms with Crippen LogP contribution in [0.15, 0.2) is 78.9 Å². The molecule has 0 bridgehead atoms. The van der Waals surface area contributed by atoms with Crippen LogP contribution < -0.4 is 5.32 Å². The number of aromatic carboxylic acids is 1. The Bertz CT molecular complexity index is 980. The first-order valence-electron chi connectivity index (χ1n) is 7.90. The van der Waals surface area contributed by atoms with E-state index in [-0.39, 0.29) is 22.5 Å². The van der Waals surface area contributed by atoms with Gasteiger partial charge in [-0.3, -0.25) is 9.59 Å². The Hall–Kier alpha value is -3.73. The third-order valence-electron chi connectivity index (χ3n) is 3.82. The fraction of sp³-hybridized carbons (Fsp3) is 0. The number of rotatable bonds is 5. The van der Waals surface area contributed by atoms with E-state index in [1.165, 1.54) is 12.1 Å². The summed E-state index contributed by atoms with van der Waals surface area (Å²) in [6.45, 7) is 0. The van der Waals surface area contributed by atoms with Gasteiger partial charge in [0, 0.05) is 16.8 Å². The van der Waals surface area contributed by atoms with Gasteiger partial charge >= 0.3 is 5.97 Å². The lowest BCUT2D eigenvalue weighted by atomic mass is 9.98. The van der Waals surface area contributed by atoms with Crippen LogP contribution in [0.3, 0.4) is 0 Å². The van der Waals surface area contributed by atoms with Crippen molar-refractivity contribution < 1.29 is 19.5 Å². The smallest absolute Gasteiger partial charge is 0.335 e. The van der Waals surface area contributed by atoms with Gasteiger partial charge in [-0.05, 0) is 24.3 Å². The van der Waals surface area contributed by atoms with Crippen LogP contribution in [0.5, 0.6) is 0 Å². The van der Waals surface area contributed by atoms with Gasteiger partial charge in [-0.15, -0.1) is 0 Å². The average Bonchev–Trinajstić information content (AvgIpc) is 2.68. The molecule has 5 nitrogen and oxygen atoms in total. The minimum Gasteiger partial charge on any atom is -0.478 e. The SMILES string of the molecule is O=C(O)c1cccc(NC(=O)c2ccccc2C(=O)c2ccccc2)c1. The van der Waals surface area contributed by atoms with Crippen molar-refractivity contribution in [1.29, 1.82) is 0 Å². The number of ketones is 1. The molecule has 26 heavy (non-hydrogen) atoms. The topological polar surface area (TPSA) is 83.5 Å². The van der Waals surface area contributed by atoms with Crippen LogP contribution >= 0.6 is 0 Å². The number of nitrogens with one attached hydrogen (secondary N) is 1. The monoisotopic (exact) mass is 345 g/mol. The highest BCUT2D eigenvalue weighted by Crippen LogP contribution is 2.17. The number of anilines is 1. The molecule has 0 saturated heterocycles. The van der Waals surface area contributed by atoms with Crippen LogP contribution in [-0.4, -0.2) is 22.8 Å². The van der Waals surface area contributed by atoms with E-state index in [4.69, 9.17) is 5.11 Å². The quantitative estimate of drug-likeness (QED) is 0.688. The summed E-state index contributed by atoms with van der Waals surface area (Å²) in [5, 5.41) is 11.7. The zero-order valence-electron chi connectivity index (χ0n) is 13.7. The molecule has 0 atom stereocenters. The van der Waals surface area contributed by atoms with Gasteiger partial charge in [0.15, 0.2) is 5.78 Å². The molecule has 3 rings (SSSR count). The van der Waals surface area contributed by atoms with Gasteiger partial charge in [-0.25, -0.2) is 4.79 Å². The van der Waals surface area contributed by atoms with Crippen LogP contribution in [0.1, 0.15) is 36.6 Å². The molecule has 2 N–H and O–H groups in total. The average molecular weight is 345 g/mol. The fourth-order valence-electron chi connectivity index (χ4n) is 2.55. The van der Waals surface area contributed by atoms with Gasteiger partial charge < -0.3 is 10.4 Å². The third kappa shape index (κ3) is 3.67. The van der Waals surface area contributed by atoms with E-state index in [2.05, 4.69) is 5.32 Å². The van der Waals surface area contributed by atoms with Crippen molar-refractivity contribution in [3.8, 4) is 0 Å². The zero-order chi connectivity index (χ0) is 18.5. The summed E-state index contributed by atoms with van der Waals surface area (Å²) < 4.78 is 0. The maximum Gasteiger partial charge on any atom is 0.335 e. The van der Waals surface area contributed by atoms with Crippen molar-refractivity contribution in [2.24, 2.45) is 0 Å². The van der Waals surface area contributed by atoms with Crippen molar-refractivity contribution in [3.63, 3.8) is 0 Å². The lowest BCUT2D eigenvalue weighted by Gasteiger charge is -2.10.